The van der Waals surface area contributed by atoms with Crippen molar-refractivity contribution in [3.63, 3.8) is 0 Å². The molecule has 0 atom stereocenters. The first-order valence-corrected chi connectivity index (χ1v) is 3.27. The number of hydrogen-bond acceptors (Lipinski definition) is 2. The summed E-state index contributed by atoms with van der Waals surface area (Å²) in [6, 6.07) is 0. The van der Waals surface area contributed by atoms with Crippen LogP contribution in [0.1, 0.15) is 1.43 Å². The molecule has 0 aromatic carbocycles. The Morgan fingerprint density at radius 3 is 1.08 bits per heavy atom. The maximum Gasteiger partial charge on any atom is 1.00 e. The van der Waals surface area contributed by atoms with E-state index < -0.39 is 7.82 Å². The van der Waals surface area contributed by atoms with Crippen molar-refractivity contribution in [1.82, 2.24) is 0 Å². The molecule has 0 bridgehead atoms. The largest absolute Gasteiger partial charge is 1.00 e. The standard InChI is InChI=1S/Cl2O.K.H3O4P.3Zr.H/c1-3-2;;1-5(2,3)4;;;;/h;;(H3,1,2,3,4);;;;/q;+1;;;;;-1. The van der Waals surface area contributed by atoms with Crippen molar-refractivity contribution < 1.29 is 155 Å². The van der Waals surface area contributed by atoms with Crippen LogP contribution in [-0.4, -0.2) is 14.7 Å². The molecule has 0 aliphatic carbocycles. The second-order valence-electron chi connectivity index (χ2n) is 0.572. The Balaban J connectivity index is -0.00000000840. The molecule has 0 saturated heterocycles. The molecule has 0 saturated carbocycles. The van der Waals surface area contributed by atoms with Crippen LogP contribution in [0.5, 0.6) is 0 Å². The summed E-state index contributed by atoms with van der Waals surface area (Å²) in [6.07, 6.45) is 0. The van der Waals surface area contributed by atoms with Crippen LogP contribution in [0.2, 0.25) is 0 Å². The van der Waals surface area contributed by atoms with E-state index >= 15 is 0 Å². The molecule has 0 unspecified atom stereocenters. The van der Waals surface area contributed by atoms with Gasteiger partial charge in [0.2, 0.25) is 0 Å². The van der Waals surface area contributed by atoms with Gasteiger partial charge >= 0.3 is 59.2 Å². The summed E-state index contributed by atoms with van der Waals surface area (Å²) < 4.78 is 12.1. The van der Waals surface area contributed by atoms with Crippen LogP contribution in [-0.2, 0) is 87.0 Å². The first-order valence-electron chi connectivity index (χ1n) is 1.09. The van der Waals surface area contributed by atoms with Gasteiger partial charge in [0.15, 0.2) is 0 Å². The topological polar surface area (TPSA) is 87.0 Å². The fourth-order valence-electron chi connectivity index (χ4n) is 0. The molecule has 0 aliphatic heterocycles. The van der Waals surface area contributed by atoms with Gasteiger partial charge in [-0.3, -0.25) is 0 Å². The average molecular weight is 499 g/mol. The summed E-state index contributed by atoms with van der Waals surface area (Å²) in [4.78, 5) is 21.6. The number of hydrogen-bond donors (Lipinski definition) is 3. The molecular weight excluding hydrogens is 495 g/mol. The van der Waals surface area contributed by atoms with E-state index in [1.165, 1.54) is 0 Å². The minimum Gasteiger partial charge on any atom is -1.00 e. The Kier molecular flexibility index (Phi) is 74.8. The zero-order chi connectivity index (χ0) is 7.21. The van der Waals surface area contributed by atoms with Crippen LogP contribution in [0, 0.1) is 0 Å². The molecule has 12 heavy (non-hydrogen) atoms. The van der Waals surface area contributed by atoms with Crippen LogP contribution >= 0.6 is 31.6 Å². The molecule has 0 heterocycles. The van der Waals surface area contributed by atoms with E-state index in [0.717, 1.165) is 0 Å². The molecule has 0 amide bonds. The summed E-state index contributed by atoms with van der Waals surface area (Å²) in [5.74, 6) is 0. The second kappa shape index (κ2) is 25.0. The average Bonchev–Trinajstić information content (AvgIpc) is 1.27. The maximum absolute atomic E-state index is 8.88. The first-order chi connectivity index (χ1) is 3.41. The molecule has 0 rings (SSSR count). The van der Waals surface area contributed by atoms with Crippen molar-refractivity contribution in [2.24, 2.45) is 0 Å². The summed E-state index contributed by atoms with van der Waals surface area (Å²) in [5.41, 5.74) is 0. The van der Waals surface area contributed by atoms with Crippen molar-refractivity contribution >= 4 is 31.6 Å². The van der Waals surface area contributed by atoms with E-state index in [4.69, 9.17) is 19.2 Å². The maximum atomic E-state index is 8.88. The minimum absolute atomic E-state index is 0. The van der Waals surface area contributed by atoms with Crippen LogP contribution in [0.25, 0.3) is 0 Å². The molecule has 0 spiro atoms. The van der Waals surface area contributed by atoms with Gasteiger partial charge in [0, 0.05) is 78.6 Å². The Morgan fingerprint density at radius 1 is 1.08 bits per heavy atom. The first kappa shape index (κ1) is 36.0. The Labute approximate surface area is 182 Å². The van der Waals surface area contributed by atoms with Gasteiger partial charge < -0.3 is 16.1 Å². The molecule has 0 aromatic rings. The van der Waals surface area contributed by atoms with Crippen LogP contribution < -0.4 is 51.4 Å². The van der Waals surface area contributed by atoms with Crippen LogP contribution in [0.15, 0.2) is 0 Å². The predicted molar refractivity (Wildman–Crippen MR) is 28.2 cm³/mol. The van der Waals surface area contributed by atoms with E-state index in [9.17, 15) is 0 Å². The molecule has 3 N–H and O–H groups in total. The van der Waals surface area contributed by atoms with Gasteiger partial charge in [0.1, 0.15) is 0 Å². The van der Waals surface area contributed by atoms with Gasteiger partial charge in [-0.05, 0) is 0 Å². The fourth-order valence-corrected chi connectivity index (χ4v) is 0. The van der Waals surface area contributed by atoms with Crippen LogP contribution in [0.4, 0.5) is 0 Å². The van der Waals surface area contributed by atoms with E-state index in [1.807, 2.05) is 0 Å². The third-order valence-corrected chi connectivity index (χ3v) is 0. The van der Waals surface area contributed by atoms with Crippen molar-refractivity contribution in [1.29, 1.82) is 0 Å². The zero-order valence-corrected chi connectivity index (χ0v) is 18.8. The van der Waals surface area contributed by atoms with Gasteiger partial charge in [-0.15, -0.1) is 0 Å². The normalized spacial score (nSPS) is 6.42. The zero-order valence-electron chi connectivity index (χ0n) is 6.86. The fraction of sp³-hybridized carbons (Fsp3) is 0. The Morgan fingerprint density at radius 2 is 1.08 bits per heavy atom. The number of phosphoric acid groups is 1. The molecular formula is H4Cl2KO5PZr3. The number of halogens is 2. The van der Waals surface area contributed by atoms with Crippen molar-refractivity contribution in [2.75, 3.05) is 0 Å². The van der Waals surface area contributed by atoms with E-state index in [-0.39, 0.29) is 131 Å². The molecule has 66 valence electrons. The van der Waals surface area contributed by atoms with Crippen molar-refractivity contribution in [2.45, 2.75) is 0 Å². The van der Waals surface area contributed by atoms with Gasteiger partial charge in [-0.25, -0.2) is 4.57 Å². The molecule has 0 aliphatic rings. The third kappa shape index (κ3) is 119. The SMILES string of the molecule is ClOCl.O=P(O)(O)O.[H-].[K+].[Zr].[Zr].[Zr]. The summed E-state index contributed by atoms with van der Waals surface area (Å²) in [5, 5.41) is 0. The molecule has 0 aromatic heterocycles. The number of rotatable bonds is 0. The minimum atomic E-state index is -4.64. The van der Waals surface area contributed by atoms with Crippen molar-refractivity contribution in [3.05, 3.63) is 0 Å². The summed E-state index contributed by atoms with van der Waals surface area (Å²) in [7, 11) is -4.64. The second-order valence-corrected chi connectivity index (χ2v) is 2.06. The monoisotopic (exact) mass is 494 g/mol. The summed E-state index contributed by atoms with van der Waals surface area (Å²) >= 11 is 8.53. The quantitative estimate of drug-likeness (QED) is 0.254. The van der Waals surface area contributed by atoms with E-state index in [2.05, 4.69) is 27.6 Å². The van der Waals surface area contributed by atoms with E-state index in [1.54, 1.807) is 0 Å². The Bertz CT molecular complexity index is 85.6. The van der Waals surface area contributed by atoms with Gasteiger partial charge in [0.05, 0.1) is 23.7 Å². The Hall–Kier alpha value is 4.94. The van der Waals surface area contributed by atoms with Gasteiger partial charge in [0.25, 0.3) is 0 Å². The third-order valence-electron chi connectivity index (χ3n) is 0. The molecule has 0 radical (unpaired) electrons. The predicted octanol–water partition coefficient (Wildman–Crippen LogP) is -2.51. The molecule has 5 nitrogen and oxygen atoms in total. The van der Waals surface area contributed by atoms with Gasteiger partial charge in [-0.1, -0.05) is 0 Å². The summed E-state index contributed by atoms with van der Waals surface area (Å²) in [6.45, 7) is 0. The smallest absolute Gasteiger partial charge is 1.00 e. The van der Waals surface area contributed by atoms with Crippen LogP contribution in [0.3, 0.4) is 0 Å². The van der Waals surface area contributed by atoms with Gasteiger partial charge in [-0.2, -0.15) is 3.84 Å². The molecule has 12 heteroatoms. The van der Waals surface area contributed by atoms with E-state index in [0.29, 0.717) is 0 Å². The molecule has 0 fully saturated rings. The van der Waals surface area contributed by atoms with Crippen molar-refractivity contribution in [3.8, 4) is 0 Å².